The average Bonchev–Trinajstić information content (AvgIpc) is 1.97. The Kier molecular flexibility index (Phi) is 4.56. The highest BCUT2D eigenvalue weighted by Crippen LogP contribution is 2.22. The van der Waals surface area contributed by atoms with Crippen LogP contribution in [0.3, 0.4) is 0 Å². The number of likely N-dealkylation sites (N-methyl/N-ethyl adjacent to an activating group) is 1. The SMILES string of the molecule is CCCC1CN(CC(C)(O)CN(C)C)C1. The van der Waals surface area contributed by atoms with E-state index in [1.807, 2.05) is 25.9 Å². The maximum absolute atomic E-state index is 10.2. The Balaban J connectivity index is 2.20. The van der Waals surface area contributed by atoms with E-state index in [1.165, 1.54) is 25.9 Å². The summed E-state index contributed by atoms with van der Waals surface area (Å²) in [6, 6.07) is 0. The molecule has 15 heavy (non-hydrogen) atoms. The first kappa shape index (κ1) is 12.9. The van der Waals surface area contributed by atoms with Crippen molar-refractivity contribution in [3.63, 3.8) is 0 Å². The van der Waals surface area contributed by atoms with Gasteiger partial charge in [0, 0.05) is 26.2 Å². The molecule has 0 aromatic heterocycles. The van der Waals surface area contributed by atoms with Gasteiger partial charge in [-0.2, -0.15) is 0 Å². The molecular formula is C12H26N2O. The van der Waals surface area contributed by atoms with Crippen molar-refractivity contribution in [3.05, 3.63) is 0 Å². The predicted octanol–water partition coefficient (Wildman–Crippen LogP) is 1.03. The Hall–Kier alpha value is -0.120. The van der Waals surface area contributed by atoms with Crippen LogP contribution in [0, 0.1) is 5.92 Å². The molecule has 0 amide bonds. The van der Waals surface area contributed by atoms with Crippen LogP contribution in [-0.2, 0) is 0 Å². The third-order valence-electron chi connectivity index (χ3n) is 2.95. The Morgan fingerprint density at radius 1 is 1.40 bits per heavy atom. The number of hydrogen-bond acceptors (Lipinski definition) is 3. The summed E-state index contributed by atoms with van der Waals surface area (Å²) in [5, 5.41) is 10.2. The summed E-state index contributed by atoms with van der Waals surface area (Å²) in [7, 11) is 4.01. The van der Waals surface area contributed by atoms with Crippen LogP contribution in [0.15, 0.2) is 0 Å². The minimum atomic E-state index is -0.569. The summed E-state index contributed by atoms with van der Waals surface area (Å²) in [4.78, 5) is 4.41. The zero-order chi connectivity index (χ0) is 11.5. The zero-order valence-electron chi connectivity index (χ0n) is 10.7. The fourth-order valence-corrected chi connectivity index (χ4v) is 2.61. The lowest BCUT2D eigenvalue weighted by Gasteiger charge is -2.43. The maximum Gasteiger partial charge on any atom is 0.0871 e. The molecule has 1 fully saturated rings. The Bertz CT molecular complexity index is 186. The molecule has 1 N–H and O–H groups in total. The second-order valence-corrected chi connectivity index (χ2v) is 5.58. The fourth-order valence-electron chi connectivity index (χ4n) is 2.61. The minimum absolute atomic E-state index is 0.569. The van der Waals surface area contributed by atoms with Crippen molar-refractivity contribution < 1.29 is 5.11 Å². The molecule has 0 radical (unpaired) electrons. The van der Waals surface area contributed by atoms with E-state index in [0.717, 1.165) is 19.0 Å². The number of aliphatic hydroxyl groups is 1. The van der Waals surface area contributed by atoms with Crippen LogP contribution in [-0.4, -0.2) is 60.8 Å². The number of likely N-dealkylation sites (tertiary alicyclic amines) is 1. The second-order valence-electron chi connectivity index (χ2n) is 5.58. The van der Waals surface area contributed by atoms with Crippen LogP contribution in [0.5, 0.6) is 0 Å². The topological polar surface area (TPSA) is 26.7 Å². The van der Waals surface area contributed by atoms with E-state index in [4.69, 9.17) is 0 Å². The van der Waals surface area contributed by atoms with Gasteiger partial charge in [-0.05, 0) is 33.4 Å². The maximum atomic E-state index is 10.2. The molecule has 1 aliphatic heterocycles. The van der Waals surface area contributed by atoms with Gasteiger partial charge in [0.15, 0.2) is 0 Å². The van der Waals surface area contributed by atoms with Gasteiger partial charge in [-0.25, -0.2) is 0 Å². The van der Waals surface area contributed by atoms with Crippen molar-refractivity contribution in [1.29, 1.82) is 0 Å². The van der Waals surface area contributed by atoms with Crippen molar-refractivity contribution in [3.8, 4) is 0 Å². The van der Waals surface area contributed by atoms with Crippen LogP contribution >= 0.6 is 0 Å². The van der Waals surface area contributed by atoms with Crippen LogP contribution in [0.1, 0.15) is 26.7 Å². The molecule has 0 spiro atoms. The summed E-state index contributed by atoms with van der Waals surface area (Å²) in [6.45, 7) is 8.08. The van der Waals surface area contributed by atoms with Gasteiger partial charge in [0.2, 0.25) is 0 Å². The predicted molar refractivity (Wildman–Crippen MR) is 64.0 cm³/mol. The summed E-state index contributed by atoms with van der Waals surface area (Å²) in [5.74, 6) is 0.880. The molecule has 3 nitrogen and oxygen atoms in total. The standard InChI is InChI=1S/C12H26N2O/c1-5-6-11-7-14(8-11)10-12(2,15)9-13(3)4/h11,15H,5-10H2,1-4H3. The number of hydrogen-bond donors (Lipinski definition) is 1. The van der Waals surface area contributed by atoms with E-state index in [9.17, 15) is 5.11 Å². The number of rotatable bonds is 6. The third kappa shape index (κ3) is 4.49. The van der Waals surface area contributed by atoms with Gasteiger partial charge in [-0.3, -0.25) is 4.90 Å². The average molecular weight is 214 g/mol. The highest BCUT2D eigenvalue weighted by Gasteiger charge is 2.32. The molecule has 1 atom stereocenters. The summed E-state index contributed by atoms with van der Waals surface area (Å²) in [6.07, 6.45) is 2.62. The highest BCUT2D eigenvalue weighted by atomic mass is 16.3. The van der Waals surface area contributed by atoms with Crippen molar-refractivity contribution in [2.45, 2.75) is 32.3 Å². The van der Waals surface area contributed by atoms with Gasteiger partial charge >= 0.3 is 0 Å². The Morgan fingerprint density at radius 2 is 2.00 bits per heavy atom. The van der Waals surface area contributed by atoms with Gasteiger partial charge in [-0.1, -0.05) is 13.3 Å². The molecule has 1 unspecified atom stereocenters. The lowest BCUT2D eigenvalue weighted by Crippen LogP contribution is -2.55. The minimum Gasteiger partial charge on any atom is -0.388 e. The molecule has 0 aromatic rings. The van der Waals surface area contributed by atoms with Crippen LogP contribution in [0.4, 0.5) is 0 Å². The molecule has 0 aliphatic carbocycles. The van der Waals surface area contributed by atoms with E-state index < -0.39 is 5.60 Å². The smallest absolute Gasteiger partial charge is 0.0871 e. The lowest BCUT2D eigenvalue weighted by molar-refractivity contribution is -0.0334. The summed E-state index contributed by atoms with van der Waals surface area (Å²) >= 11 is 0. The fraction of sp³-hybridized carbons (Fsp3) is 1.00. The van der Waals surface area contributed by atoms with Crippen LogP contribution in [0.2, 0.25) is 0 Å². The molecule has 0 bridgehead atoms. The lowest BCUT2D eigenvalue weighted by atomic mass is 9.93. The molecular weight excluding hydrogens is 188 g/mol. The highest BCUT2D eigenvalue weighted by molar-refractivity contribution is 4.87. The second kappa shape index (κ2) is 5.28. The summed E-state index contributed by atoms with van der Waals surface area (Å²) < 4.78 is 0. The first-order valence-corrected chi connectivity index (χ1v) is 6.02. The van der Waals surface area contributed by atoms with E-state index >= 15 is 0 Å². The normalized spacial score (nSPS) is 22.8. The van der Waals surface area contributed by atoms with Crippen molar-refractivity contribution in [2.75, 3.05) is 40.3 Å². The van der Waals surface area contributed by atoms with Gasteiger partial charge in [0.1, 0.15) is 0 Å². The van der Waals surface area contributed by atoms with Crippen molar-refractivity contribution >= 4 is 0 Å². The number of nitrogens with zero attached hydrogens (tertiary/aromatic N) is 2. The molecule has 90 valence electrons. The quantitative estimate of drug-likeness (QED) is 0.715. The number of β-amino-alcohol motifs (C(OH)–C–C–N with tert-alkyl or cyclic N) is 1. The monoisotopic (exact) mass is 214 g/mol. The summed E-state index contributed by atoms with van der Waals surface area (Å²) in [5.41, 5.74) is -0.569. The van der Waals surface area contributed by atoms with Gasteiger partial charge < -0.3 is 10.0 Å². The van der Waals surface area contributed by atoms with E-state index in [2.05, 4.69) is 11.8 Å². The molecule has 1 heterocycles. The Labute approximate surface area is 94.1 Å². The molecule has 0 saturated carbocycles. The van der Waals surface area contributed by atoms with E-state index in [-0.39, 0.29) is 0 Å². The van der Waals surface area contributed by atoms with Gasteiger partial charge in [0.25, 0.3) is 0 Å². The van der Waals surface area contributed by atoms with Gasteiger partial charge in [-0.15, -0.1) is 0 Å². The first-order chi connectivity index (χ1) is 6.93. The van der Waals surface area contributed by atoms with Crippen LogP contribution in [0.25, 0.3) is 0 Å². The largest absolute Gasteiger partial charge is 0.388 e. The molecule has 0 aromatic carbocycles. The van der Waals surface area contributed by atoms with Crippen LogP contribution < -0.4 is 0 Å². The molecule has 3 heteroatoms. The first-order valence-electron chi connectivity index (χ1n) is 6.02. The molecule has 1 saturated heterocycles. The van der Waals surface area contributed by atoms with Crippen molar-refractivity contribution in [1.82, 2.24) is 9.80 Å². The third-order valence-corrected chi connectivity index (χ3v) is 2.95. The van der Waals surface area contributed by atoms with E-state index in [1.54, 1.807) is 0 Å². The molecule has 1 aliphatic rings. The van der Waals surface area contributed by atoms with Gasteiger partial charge in [0.05, 0.1) is 5.60 Å². The zero-order valence-corrected chi connectivity index (χ0v) is 10.7. The van der Waals surface area contributed by atoms with Crippen molar-refractivity contribution in [2.24, 2.45) is 5.92 Å². The Morgan fingerprint density at radius 3 is 2.47 bits per heavy atom. The van der Waals surface area contributed by atoms with E-state index in [0.29, 0.717) is 0 Å². The molecule has 1 rings (SSSR count).